The van der Waals surface area contributed by atoms with Crippen LogP contribution in [0.1, 0.15) is 28.2 Å². The third-order valence-electron chi connectivity index (χ3n) is 2.65. The molecule has 1 aromatic carbocycles. The smallest absolute Gasteiger partial charge is 0.261 e. The van der Waals surface area contributed by atoms with Crippen LogP contribution in [0.25, 0.3) is 0 Å². The van der Waals surface area contributed by atoms with Crippen LogP contribution in [0.15, 0.2) is 32.5 Å². The van der Waals surface area contributed by atoms with E-state index in [0.29, 0.717) is 14.9 Å². The molecule has 0 saturated carbocycles. The van der Waals surface area contributed by atoms with Gasteiger partial charge in [-0.05, 0) is 62.5 Å². The predicted molar refractivity (Wildman–Crippen MR) is 92.1 cm³/mol. The first kappa shape index (κ1) is 16.3. The fourth-order valence-electron chi connectivity index (χ4n) is 1.66. The van der Waals surface area contributed by atoms with Crippen molar-refractivity contribution in [3.63, 3.8) is 0 Å². The summed E-state index contributed by atoms with van der Waals surface area (Å²) in [5.41, 5.74) is 0.833. The van der Waals surface area contributed by atoms with Crippen LogP contribution in [-0.4, -0.2) is 5.91 Å². The Labute approximate surface area is 147 Å². The Hall–Kier alpha value is -0.0700. The number of nitrogens with one attached hydrogen (secondary N) is 1. The van der Waals surface area contributed by atoms with Crippen LogP contribution in [0.4, 0.5) is 0 Å². The van der Waals surface area contributed by atoms with E-state index in [1.165, 1.54) is 11.3 Å². The molecule has 0 spiro atoms. The lowest BCUT2D eigenvalue weighted by Crippen LogP contribution is -2.26. The Morgan fingerprint density at radius 2 is 2.00 bits per heavy atom. The van der Waals surface area contributed by atoms with Crippen molar-refractivity contribution in [2.24, 2.45) is 0 Å². The molecule has 0 aliphatic carbocycles. The minimum atomic E-state index is -0.202. The second kappa shape index (κ2) is 6.79. The number of benzene rings is 1. The maximum absolute atomic E-state index is 12.2. The highest BCUT2D eigenvalue weighted by Crippen LogP contribution is 2.33. The van der Waals surface area contributed by atoms with Gasteiger partial charge in [-0.1, -0.05) is 29.3 Å². The SMILES string of the molecule is CC(NC(=O)c1cc(Br)c(Br)s1)c1ccc(Cl)cc1Cl. The molecule has 1 heterocycles. The summed E-state index contributed by atoms with van der Waals surface area (Å²) in [5.74, 6) is -0.139. The van der Waals surface area contributed by atoms with Crippen molar-refractivity contribution in [2.45, 2.75) is 13.0 Å². The summed E-state index contributed by atoms with van der Waals surface area (Å²) in [5, 5.41) is 4.03. The highest BCUT2D eigenvalue weighted by Gasteiger charge is 2.17. The molecule has 106 valence electrons. The fourth-order valence-corrected chi connectivity index (χ4v) is 4.17. The summed E-state index contributed by atoms with van der Waals surface area (Å²) in [6.45, 7) is 1.88. The number of amides is 1. The normalized spacial score (nSPS) is 12.2. The van der Waals surface area contributed by atoms with Crippen molar-refractivity contribution in [2.75, 3.05) is 0 Å². The van der Waals surface area contributed by atoms with Gasteiger partial charge in [0.1, 0.15) is 0 Å². The van der Waals surface area contributed by atoms with E-state index >= 15 is 0 Å². The molecule has 2 nitrogen and oxygen atoms in total. The standard InChI is InChI=1S/C13H9Br2Cl2NOS/c1-6(8-3-2-7(16)4-10(8)17)18-13(19)11-5-9(14)12(15)20-11/h2-6H,1H3,(H,18,19). The summed E-state index contributed by atoms with van der Waals surface area (Å²) >= 11 is 20.1. The first-order valence-corrected chi connectivity index (χ1v) is 8.75. The lowest BCUT2D eigenvalue weighted by molar-refractivity contribution is 0.0944. The van der Waals surface area contributed by atoms with Gasteiger partial charge in [-0.2, -0.15) is 0 Å². The number of hydrogen-bond acceptors (Lipinski definition) is 2. The lowest BCUT2D eigenvalue weighted by Gasteiger charge is -2.15. The van der Waals surface area contributed by atoms with E-state index in [4.69, 9.17) is 23.2 Å². The third kappa shape index (κ3) is 3.77. The van der Waals surface area contributed by atoms with Gasteiger partial charge < -0.3 is 5.32 Å². The van der Waals surface area contributed by atoms with Gasteiger partial charge in [0.25, 0.3) is 5.91 Å². The van der Waals surface area contributed by atoms with Gasteiger partial charge in [0, 0.05) is 14.5 Å². The van der Waals surface area contributed by atoms with E-state index in [-0.39, 0.29) is 11.9 Å². The lowest BCUT2D eigenvalue weighted by atomic mass is 10.1. The summed E-state index contributed by atoms with van der Waals surface area (Å²) in [6.07, 6.45) is 0. The second-order valence-electron chi connectivity index (χ2n) is 4.09. The highest BCUT2D eigenvalue weighted by atomic mass is 79.9. The average Bonchev–Trinajstić information content (AvgIpc) is 2.69. The number of halogens is 4. The molecule has 7 heteroatoms. The van der Waals surface area contributed by atoms with Crippen LogP contribution in [0, 0.1) is 0 Å². The molecular weight excluding hydrogens is 449 g/mol. The van der Waals surface area contributed by atoms with Crippen molar-refractivity contribution >= 4 is 72.3 Å². The second-order valence-corrected chi connectivity index (χ2v) is 8.16. The van der Waals surface area contributed by atoms with Crippen molar-refractivity contribution in [3.8, 4) is 0 Å². The van der Waals surface area contributed by atoms with Crippen LogP contribution in [0.5, 0.6) is 0 Å². The van der Waals surface area contributed by atoms with Crippen LogP contribution in [-0.2, 0) is 0 Å². The summed E-state index contributed by atoms with van der Waals surface area (Å²) in [7, 11) is 0. The molecule has 0 aliphatic heterocycles. The molecule has 20 heavy (non-hydrogen) atoms. The summed E-state index contributed by atoms with van der Waals surface area (Å²) in [6, 6.07) is 6.81. The number of rotatable bonds is 3. The molecule has 2 rings (SSSR count). The van der Waals surface area contributed by atoms with Crippen LogP contribution in [0.3, 0.4) is 0 Å². The molecule has 1 aromatic heterocycles. The van der Waals surface area contributed by atoms with Crippen molar-refractivity contribution in [1.29, 1.82) is 0 Å². The number of carbonyl (C=O) groups is 1. The first-order valence-electron chi connectivity index (χ1n) is 5.59. The zero-order valence-electron chi connectivity index (χ0n) is 10.2. The zero-order valence-corrected chi connectivity index (χ0v) is 15.7. The Kier molecular flexibility index (Phi) is 5.54. The average molecular weight is 458 g/mol. The topological polar surface area (TPSA) is 29.1 Å². The Morgan fingerprint density at radius 3 is 2.55 bits per heavy atom. The van der Waals surface area contributed by atoms with E-state index in [9.17, 15) is 4.79 Å². The molecule has 1 N–H and O–H groups in total. The molecule has 0 fully saturated rings. The number of hydrogen-bond donors (Lipinski definition) is 1. The van der Waals surface area contributed by atoms with E-state index in [1.807, 2.05) is 13.0 Å². The van der Waals surface area contributed by atoms with Crippen molar-refractivity contribution in [1.82, 2.24) is 5.32 Å². The molecule has 0 radical (unpaired) electrons. The Bertz CT molecular complexity index is 640. The molecule has 0 saturated heterocycles. The maximum Gasteiger partial charge on any atom is 0.261 e. The summed E-state index contributed by atoms with van der Waals surface area (Å²) < 4.78 is 1.75. The fraction of sp³-hybridized carbons (Fsp3) is 0.154. The van der Waals surface area contributed by atoms with Gasteiger partial charge in [0.15, 0.2) is 0 Å². The van der Waals surface area contributed by atoms with E-state index in [2.05, 4.69) is 37.2 Å². The van der Waals surface area contributed by atoms with Gasteiger partial charge in [-0.3, -0.25) is 4.79 Å². The van der Waals surface area contributed by atoms with Gasteiger partial charge in [-0.15, -0.1) is 11.3 Å². The van der Waals surface area contributed by atoms with Crippen LogP contribution in [0.2, 0.25) is 10.0 Å². The van der Waals surface area contributed by atoms with Crippen molar-refractivity contribution in [3.05, 3.63) is 53.0 Å². The molecule has 1 amide bonds. The van der Waals surface area contributed by atoms with E-state index in [0.717, 1.165) is 13.8 Å². The quantitative estimate of drug-likeness (QED) is 0.595. The molecule has 0 aliphatic rings. The Morgan fingerprint density at radius 1 is 1.30 bits per heavy atom. The number of carbonyl (C=O) groups excluding carboxylic acids is 1. The van der Waals surface area contributed by atoms with Gasteiger partial charge in [0.2, 0.25) is 0 Å². The van der Waals surface area contributed by atoms with E-state index < -0.39 is 0 Å². The monoisotopic (exact) mass is 455 g/mol. The largest absolute Gasteiger partial charge is 0.345 e. The highest BCUT2D eigenvalue weighted by molar-refractivity contribution is 9.13. The molecule has 0 bridgehead atoms. The Balaban J connectivity index is 2.14. The van der Waals surface area contributed by atoms with E-state index in [1.54, 1.807) is 18.2 Å². The number of thiophene rings is 1. The van der Waals surface area contributed by atoms with Crippen LogP contribution < -0.4 is 5.32 Å². The third-order valence-corrected chi connectivity index (χ3v) is 6.46. The molecule has 1 atom stereocenters. The van der Waals surface area contributed by atoms with Crippen molar-refractivity contribution < 1.29 is 4.79 Å². The van der Waals surface area contributed by atoms with Gasteiger partial charge in [0.05, 0.1) is 14.7 Å². The molecule has 1 unspecified atom stereocenters. The predicted octanol–water partition coefficient (Wildman–Crippen LogP) is 6.07. The van der Waals surface area contributed by atoms with Gasteiger partial charge >= 0.3 is 0 Å². The molecular formula is C13H9Br2Cl2NOS. The zero-order chi connectivity index (χ0) is 14.9. The first-order chi connectivity index (χ1) is 9.38. The maximum atomic E-state index is 12.2. The summed E-state index contributed by atoms with van der Waals surface area (Å²) in [4.78, 5) is 12.8. The van der Waals surface area contributed by atoms with Crippen LogP contribution >= 0.6 is 66.4 Å². The molecule has 2 aromatic rings. The minimum Gasteiger partial charge on any atom is -0.345 e. The van der Waals surface area contributed by atoms with Gasteiger partial charge in [-0.25, -0.2) is 0 Å². The minimum absolute atomic E-state index is 0.139.